The first-order valence-electron chi connectivity index (χ1n) is 7.93. The Bertz CT molecular complexity index is 610. The van der Waals surface area contributed by atoms with Crippen molar-refractivity contribution in [1.29, 1.82) is 0 Å². The van der Waals surface area contributed by atoms with Crippen LogP contribution in [0, 0.1) is 0 Å². The first-order chi connectivity index (χ1) is 10.8. The smallest absolute Gasteiger partial charge is 0.248 e. The molecule has 1 aliphatic heterocycles. The molecule has 0 saturated carbocycles. The second-order valence-electron chi connectivity index (χ2n) is 5.00. The Kier molecular flexibility index (Phi) is 5.73. The number of amides is 1. The number of nitrogens with one attached hydrogen (secondary N) is 1. The van der Waals surface area contributed by atoms with Gasteiger partial charge in [0.2, 0.25) is 5.91 Å². The summed E-state index contributed by atoms with van der Waals surface area (Å²) in [6.07, 6.45) is 0.884. The van der Waals surface area contributed by atoms with Crippen LogP contribution in [0.1, 0.15) is 31.0 Å². The predicted octanol–water partition coefficient (Wildman–Crippen LogP) is 3.56. The van der Waals surface area contributed by atoms with Crippen LogP contribution < -0.4 is 10.2 Å². The summed E-state index contributed by atoms with van der Waals surface area (Å²) in [5, 5.41) is 3.16. The number of hydrogen-bond acceptors (Lipinski definition) is 2. The highest BCUT2D eigenvalue weighted by Gasteiger charge is 2.30. The fraction of sp³-hybridized carbons (Fsp3) is 0.316. The zero-order chi connectivity index (χ0) is 15.9. The van der Waals surface area contributed by atoms with Gasteiger partial charge in [0, 0.05) is 12.2 Å². The fourth-order valence-corrected chi connectivity index (χ4v) is 2.82. The van der Waals surface area contributed by atoms with E-state index in [0.29, 0.717) is 0 Å². The van der Waals surface area contributed by atoms with Gasteiger partial charge >= 0.3 is 0 Å². The van der Waals surface area contributed by atoms with Gasteiger partial charge in [0.1, 0.15) is 6.04 Å². The number of likely N-dealkylation sites (N-methyl/N-ethyl adjacent to an activating group) is 1. The van der Waals surface area contributed by atoms with Gasteiger partial charge in [-0.3, -0.25) is 4.79 Å². The van der Waals surface area contributed by atoms with E-state index < -0.39 is 0 Å². The van der Waals surface area contributed by atoms with Gasteiger partial charge in [-0.25, -0.2) is 0 Å². The largest absolute Gasteiger partial charge is 0.310 e. The molecule has 2 aromatic rings. The molecule has 0 spiro atoms. The third-order valence-corrected chi connectivity index (χ3v) is 3.84. The van der Waals surface area contributed by atoms with E-state index in [2.05, 4.69) is 11.4 Å². The van der Waals surface area contributed by atoms with E-state index in [9.17, 15) is 4.79 Å². The molecule has 116 valence electrons. The maximum absolute atomic E-state index is 12.8. The minimum absolute atomic E-state index is 0.114. The van der Waals surface area contributed by atoms with Crippen LogP contribution in [0.15, 0.2) is 54.6 Å². The van der Waals surface area contributed by atoms with Crippen LogP contribution in [0.3, 0.4) is 0 Å². The number of anilines is 1. The van der Waals surface area contributed by atoms with Crippen LogP contribution >= 0.6 is 0 Å². The maximum atomic E-state index is 12.8. The summed E-state index contributed by atoms with van der Waals surface area (Å²) in [5.74, 6) is 0.114. The topological polar surface area (TPSA) is 32.3 Å². The van der Waals surface area contributed by atoms with E-state index in [0.717, 1.165) is 24.2 Å². The van der Waals surface area contributed by atoms with E-state index in [1.54, 1.807) is 0 Å². The molecule has 22 heavy (non-hydrogen) atoms. The van der Waals surface area contributed by atoms with Crippen molar-refractivity contribution in [2.45, 2.75) is 26.3 Å². The van der Waals surface area contributed by atoms with Crippen molar-refractivity contribution < 1.29 is 4.79 Å². The summed E-state index contributed by atoms with van der Waals surface area (Å²) >= 11 is 0. The third kappa shape index (κ3) is 3.20. The molecule has 1 aliphatic rings. The van der Waals surface area contributed by atoms with E-state index in [4.69, 9.17) is 0 Å². The molecule has 1 heterocycles. The molecule has 0 radical (unpaired) electrons. The van der Waals surface area contributed by atoms with Gasteiger partial charge in [-0.2, -0.15) is 0 Å². The van der Waals surface area contributed by atoms with Crippen LogP contribution in [-0.4, -0.2) is 19.5 Å². The van der Waals surface area contributed by atoms with Gasteiger partial charge in [0.05, 0.1) is 0 Å². The predicted molar refractivity (Wildman–Crippen MR) is 92.1 cm³/mol. The van der Waals surface area contributed by atoms with E-state index >= 15 is 0 Å². The van der Waals surface area contributed by atoms with Gasteiger partial charge in [-0.15, -0.1) is 0 Å². The van der Waals surface area contributed by atoms with Crippen LogP contribution in [0.5, 0.6) is 0 Å². The number of rotatable bonds is 2. The summed E-state index contributed by atoms with van der Waals surface area (Å²) in [5.41, 5.74) is 3.31. The molecule has 0 aliphatic carbocycles. The number of carbonyl (C=O) groups excluding carboxylic acids is 1. The molecule has 0 saturated heterocycles. The lowest BCUT2D eigenvalue weighted by molar-refractivity contribution is -0.120. The fourth-order valence-electron chi connectivity index (χ4n) is 2.82. The second kappa shape index (κ2) is 7.76. The Morgan fingerprint density at radius 1 is 1.00 bits per heavy atom. The molecule has 0 fully saturated rings. The zero-order valence-electron chi connectivity index (χ0n) is 13.5. The molecular weight excluding hydrogens is 272 g/mol. The highest BCUT2D eigenvalue weighted by atomic mass is 16.2. The van der Waals surface area contributed by atoms with Crippen molar-refractivity contribution in [3.8, 4) is 0 Å². The molecule has 1 N–H and O–H groups in total. The SMILES string of the molecule is CC.CNC1C(=O)N(c2ccccc2)CCc2ccccc21. The summed E-state index contributed by atoms with van der Waals surface area (Å²) in [4.78, 5) is 14.7. The average molecular weight is 296 g/mol. The lowest BCUT2D eigenvalue weighted by atomic mass is 9.99. The van der Waals surface area contributed by atoms with Crippen molar-refractivity contribution in [1.82, 2.24) is 5.32 Å². The molecule has 2 aromatic carbocycles. The average Bonchev–Trinajstić information content (AvgIpc) is 2.73. The summed E-state index contributed by atoms with van der Waals surface area (Å²) in [6, 6.07) is 17.8. The standard InChI is InChI=1S/C17H18N2O.C2H6/c1-18-16-15-10-6-5-7-13(15)11-12-19(17(16)20)14-8-3-2-4-9-14;1-2/h2-10,16,18H,11-12H2,1H3;1-2H3. The minimum atomic E-state index is -0.270. The van der Waals surface area contributed by atoms with Crippen LogP contribution in [0.25, 0.3) is 0 Å². The lowest BCUT2D eigenvalue weighted by Crippen LogP contribution is -2.39. The lowest BCUT2D eigenvalue weighted by Gasteiger charge is -2.24. The molecular formula is C19H24N2O. The maximum Gasteiger partial charge on any atom is 0.248 e. The Labute approximate surface area is 133 Å². The first kappa shape index (κ1) is 16.2. The van der Waals surface area contributed by atoms with Gasteiger partial charge in [0.15, 0.2) is 0 Å². The Balaban J connectivity index is 0.000000847. The van der Waals surface area contributed by atoms with E-state index in [-0.39, 0.29) is 11.9 Å². The minimum Gasteiger partial charge on any atom is -0.310 e. The Hall–Kier alpha value is -2.13. The summed E-state index contributed by atoms with van der Waals surface area (Å²) in [7, 11) is 1.84. The first-order valence-corrected chi connectivity index (χ1v) is 7.93. The monoisotopic (exact) mass is 296 g/mol. The quantitative estimate of drug-likeness (QED) is 0.919. The van der Waals surface area contributed by atoms with Crippen molar-refractivity contribution in [3.05, 3.63) is 65.7 Å². The van der Waals surface area contributed by atoms with Crippen LogP contribution in [-0.2, 0) is 11.2 Å². The molecule has 1 amide bonds. The highest BCUT2D eigenvalue weighted by Crippen LogP contribution is 2.27. The Morgan fingerprint density at radius 3 is 2.32 bits per heavy atom. The van der Waals surface area contributed by atoms with Gasteiger partial charge < -0.3 is 10.2 Å². The number of nitrogens with zero attached hydrogens (tertiary/aromatic N) is 1. The number of carbonyl (C=O) groups is 1. The number of fused-ring (bicyclic) bond motifs is 1. The molecule has 0 aromatic heterocycles. The third-order valence-electron chi connectivity index (χ3n) is 3.84. The number of para-hydroxylation sites is 1. The second-order valence-corrected chi connectivity index (χ2v) is 5.00. The van der Waals surface area contributed by atoms with Gasteiger partial charge in [-0.05, 0) is 36.7 Å². The normalized spacial score (nSPS) is 17.1. The number of benzene rings is 2. The van der Waals surface area contributed by atoms with Gasteiger partial charge in [-0.1, -0.05) is 56.3 Å². The van der Waals surface area contributed by atoms with Crippen LogP contribution in [0.2, 0.25) is 0 Å². The summed E-state index contributed by atoms with van der Waals surface area (Å²) < 4.78 is 0. The van der Waals surface area contributed by atoms with Crippen LogP contribution in [0.4, 0.5) is 5.69 Å². The van der Waals surface area contributed by atoms with Crippen molar-refractivity contribution in [2.24, 2.45) is 0 Å². The molecule has 1 unspecified atom stereocenters. The van der Waals surface area contributed by atoms with E-state index in [1.165, 1.54) is 5.56 Å². The number of hydrogen-bond donors (Lipinski definition) is 1. The van der Waals surface area contributed by atoms with Gasteiger partial charge in [0.25, 0.3) is 0 Å². The summed E-state index contributed by atoms with van der Waals surface area (Å²) in [6.45, 7) is 4.72. The molecule has 3 rings (SSSR count). The zero-order valence-corrected chi connectivity index (χ0v) is 13.5. The van der Waals surface area contributed by atoms with Crippen molar-refractivity contribution in [2.75, 3.05) is 18.5 Å². The molecule has 1 atom stereocenters. The molecule has 3 nitrogen and oxygen atoms in total. The van der Waals surface area contributed by atoms with Crippen molar-refractivity contribution >= 4 is 11.6 Å². The molecule has 0 bridgehead atoms. The van der Waals surface area contributed by atoms with E-state index in [1.807, 2.05) is 74.3 Å². The Morgan fingerprint density at radius 2 is 1.64 bits per heavy atom. The molecule has 3 heteroatoms. The van der Waals surface area contributed by atoms with Crippen molar-refractivity contribution in [3.63, 3.8) is 0 Å². The highest BCUT2D eigenvalue weighted by molar-refractivity contribution is 5.98.